The van der Waals surface area contributed by atoms with E-state index in [9.17, 15) is 13.2 Å². The summed E-state index contributed by atoms with van der Waals surface area (Å²) >= 11 is 0. The molecule has 0 radical (unpaired) electrons. The Morgan fingerprint density at radius 2 is 1.90 bits per heavy atom. The Balaban J connectivity index is 2.88. The number of alkyl halides is 3. The van der Waals surface area contributed by atoms with Gasteiger partial charge in [0.25, 0.3) is 0 Å². The maximum absolute atomic E-state index is 12.2. The zero-order chi connectivity index (χ0) is 15.2. The zero-order valence-corrected chi connectivity index (χ0v) is 11.6. The Kier molecular flexibility index (Phi) is 6.06. The fourth-order valence-electron chi connectivity index (χ4n) is 1.88. The van der Waals surface area contributed by atoms with Gasteiger partial charge in [-0.15, -0.1) is 0 Å². The molecule has 0 aromatic carbocycles. The number of aryl methyl sites for hydroxylation is 1. The first kappa shape index (κ1) is 16.6. The molecule has 0 amide bonds. The fraction of sp³-hybridized carbons (Fsp3) is 0.615. The van der Waals surface area contributed by atoms with Crippen LogP contribution < -0.4 is 15.2 Å². The SMILES string of the molecule is COc1cc(CCCC(F)(F)F)c(OC)nc1CCN. The van der Waals surface area contributed by atoms with Crippen LogP contribution in [0.4, 0.5) is 13.2 Å². The van der Waals surface area contributed by atoms with Crippen LogP contribution in [0.15, 0.2) is 6.07 Å². The Labute approximate surface area is 116 Å². The van der Waals surface area contributed by atoms with E-state index in [1.165, 1.54) is 14.2 Å². The van der Waals surface area contributed by atoms with Crippen LogP contribution >= 0.6 is 0 Å². The van der Waals surface area contributed by atoms with E-state index in [-0.39, 0.29) is 12.8 Å². The standard InChI is InChI=1S/C13H19F3N2O2/c1-19-11-8-9(4-3-6-13(14,15)16)12(20-2)18-10(11)5-7-17/h8H,3-7,17H2,1-2H3. The van der Waals surface area contributed by atoms with Gasteiger partial charge in [0.2, 0.25) is 5.88 Å². The first-order chi connectivity index (χ1) is 9.41. The van der Waals surface area contributed by atoms with Crippen LogP contribution in [-0.2, 0) is 12.8 Å². The van der Waals surface area contributed by atoms with Crippen LogP contribution in [0, 0.1) is 0 Å². The van der Waals surface area contributed by atoms with Gasteiger partial charge in [0.1, 0.15) is 5.75 Å². The number of halogens is 3. The van der Waals surface area contributed by atoms with Crippen LogP contribution in [0.2, 0.25) is 0 Å². The summed E-state index contributed by atoms with van der Waals surface area (Å²) in [5, 5.41) is 0. The summed E-state index contributed by atoms with van der Waals surface area (Å²) < 4.78 is 46.8. The molecule has 0 fully saturated rings. The highest BCUT2D eigenvalue weighted by Crippen LogP contribution is 2.29. The molecular formula is C13H19F3N2O2. The number of hydrogen-bond donors (Lipinski definition) is 1. The predicted molar refractivity (Wildman–Crippen MR) is 69.1 cm³/mol. The van der Waals surface area contributed by atoms with Crippen molar-refractivity contribution in [3.63, 3.8) is 0 Å². The predicted octanol–water partition coefficient (Wildman–Crippen LogP) is 2.48. The number of methoxy groups -OCH3 is 2. The second kappa shape index (κ2) is 7.33. The number of ether oxygens (including phenoxy) is 2. The Bertz CT molecular complexity index is 436. The third kappa shape index (κ3) is 4.88. The van der Waals surface area contributed by atoms with E-state index in [0.717, 1.165) is 0 Å². The van der Waals surface area contributed by atoms with Gasteiger partial charge in [-0.05, 0) is 25.5 Å². The quantitative estimate of drug-likeness (QED) is 0.839. The molecule has 0 unspecified atom stereocenters. The molecule has 0 aliphatic carbocycles. The fourth-order valence-corrected chi connectivity index (χ4v) is 1.88. The van der Waals surface area contributed by atoms with Gasteiger partial charge in [0, 0.05) is 18.4 Å². The van der Waals surface area contributed by atoms with Gasteiger partial charge in [-0.2, -0.15) is 13.2 Å². The summed E-state index contributed by atoms with van der Waals surface area (Å²) in [6.07, 6.45) is -4.24. The summed E-state index contributed by atoms with van der Waals surface area (Å²) in [5.41, 5.74) is 6.73. The molecule has 0 saturated carbocycles. The average Bonchev–Trinajstić information content (AvgIpc) is 2.38. The topological polar surface area (TPSA) is 57.4 Å². The van der Waals surface area contributed by atoms with Crippen LogP contribution in [0.5, 0.6) is 11.6 Å². The molecule has 0 atom stereocenters. The average molecular weight is 292 g/mol. The molecule has 0 aliphatic rings. The molecule has 1 aromatic rings. The van der Waals surface area contributed by atoms with E-state index in [1.54, 1.807) is 6.07 Å². The van der Waals surface area contributed by atoms with Crippen molar-refractivity contribution >= 4 is 0 Å². The maximum Gasteiger partial charge on any atom is 0.389 e. The molecule has 1 aromatic heterocycles. The Morgan fingerprint density at radius 1 is 1.20 bits per heavy atom. The first-order valence-electron chi connectivity index (χ1n) is 6.29. The van der Waals surface area contributed by atoms with E-state index in [2.05, 4.69) is 4.98 Å². The number of hydrogen-bond acceptors (Lipinski definition) is 4. The molecule has 0 saturated heterocycles. The van der Waals surface area contributed by atoms with Crippen molar-refractivity contribution < 1.29 is 22.6 Å². The Morgan fingerprint density at radius 3 is 2.40 bits per heavy atom. The monoisotopic (exact) mass is 292 g/mol. The van der Waals surface area contributed by atoms with Crippen molar-refractivity contribution in [1.82, 2.24) is 4.98 Å². The van der Waals surface area contributed by atoms with Gasteiger partial charge in [-0.3, -0.25) is 0 Å². The normalized spacial score (nSPS) is 11.5. The minimum absolute atomic E-state index is 0.0130. The van der Waals surface area contributed by atoms with Gasteiger partial charge in [-0.25, -0.2) is 4.98 Å². The maximum atomic E-state index is 12.2. The van der Waals surface area contributed by atoms with E-state index in [0.29, 0.717) is 35.9 Å². The summed E-state index contributed by atoms with van der Waals surface area (Å²) in [6.45, 7) is 0.403. The molecule has 0 bridgehead atoms. The van der Waals surface area contributed by atoms with E-state index in [4.69, 9.17) is 15.2 Å². The van der Waals surface area contributed by atoms with Crippen LogP contribution in [0.3, 0.4) is 0 Å². The molecule has 2 N–H and O–H groups in total. The van der Waals surface area contributed by atoms with Crippen molar-refractivity contribution in [3.8, 4) is 11.6 Å². The van der Waals surface area contributed by atoms with Crippen molar-refractivity contribution in [3.05, 3.63) is 17.3 Å². The molecule has 0 aliphatic heterocycles. The highest BCUT2D eigenvalue weighted by Gasteiger charge is 2.26. The van der Waals surface area contributed by atoms with Gasteiger partial charge >= 0.3 is 6.18 Å². The lowest BCUT2D eigenvalue weighted by atomic mass is 10.1. The van der Waals surface area contributed by atoms with E-state index >= 15 is 0 Å². The highest BCUT2D eigenvalue weighted by atomic mass is 19.4. The number of nitrogens with two attached hydrogens (primary N) is 1. The third-order valence-electron chi connectivity index (χ3n) is 2.80. The number of rotatable bonds is 7. The van der Waals surface area contributed by atoms with E-state index < -0.39 is 12.6 Å². The molecule has 114 valence electrons. The lowest BCUT2D eigenvalue weighted by molar-refractivity contribution is -0.135. The van der Waals surface area contributed by atoms with Crippen molar-refractivity contribution in [2.24, 2.45) is 5.73 Å². The van der Waals surface area contributed by atoms with Crippen molar-refractivity contribution in [1.29, 1.82) is 0 Å². The van der Waals surface area contributed by atoms with Crippen LogP contribution in [-0.4, -0.2) is 31.9 Å². The van der Waals surface area contributed by atoms with Crippen LogP contribution in [0.1, 0.15) is 24.1 Å². The molecule has 7 heteroatoms. The summed E-state index contributed by atoms with van der Waals surface area (Å²) in [4.78, 5) is 4.26. The second-order valence-electron chi connectivity index (χ2n) is 4.31. The summed E-state index contributed by atoms with van der Waals surface area (Å²) in [6, 6.07) is 1.67. The lowest BCUT2D eigenvalue weighted by Gasteiger charge is -2.13. The lowest BCUT2D eigenvalue weighted by Crippen LogP contribution is -2.10. The van der Waals surface area contributed by atoms with Crippen molar-refractivity contribution in [2.75, 3.05) is 20.8 Å². The van der Waals surface area contributed by atoms with Crippen LogP contribution in [0.25, 0.3) is 0 Å². The van der Waals surface area contributed by atoms with Gasteiger partial charge in [-0.1, -0.05) is 0 Å². The molecule has 1 heterocycles. The summed E-state index contributed by atoms with van der Waals surface area (Å²) in [5.74, 6) is 0.856. The molecular weight excluding hydrogens is 273 g/mol. The number of aromatic nitrogens is 1. The third-order valence-corrected chi connectivity index (χ3v) is 2.80. The highest BCUT2D eigenvalue weighted by molar-refractivity contribution is 5.39. The smallest absolute Gasteiger partial charge is 0.389 e. The van der Waals surface area contributed by atoms with E-state index in [1.807, 2.05) is 0 Å². The number of pyridine rings is 1. The van der Waals surface area contributed by atoms with Gasteiger partial charge < -0.3 is 15.2 Å². The summed E-state index contributed by atoms with van der Waals surface area (Å²) in [7, 11) is 2.93. The molecule has 20 heavy (non-hydrogen) atoms. The molecule has 0 spiro atoms. The second-order valence-corrected chi connectivity index (χ2v) is 4.31. The van der Waals surface area contributed by atoms with Gasteiger partial charge in [0.15, 0.2) is 0 Å². The van der Waals surface area contributed by atoms with Gasteiger partial charge in [0.05, 0.1) is 19.9 Å². The Hall–Kier alpha value is -1.50. The zero-order valence-electron chi connectivity index (χ0n) is 11.6. The molecule has 4 nitrogen and oxygen atoms in total. The largest absolute Gasteiger partial charge is 0.495 e. The minimum Gasteiger partial charge on any atom is -0.495 e. The molecule has 1 rings (SSSR count). The first-order valence-corrected chi connectivity index (χ1v) is 6.29. The van der Waals surface area contributed by atoms with Crippen molar-refractivity contribution in [2.45, 2.75) is 31.9 Å². The minimum atomic E-state index is -4.15. The number of nitrogens with zero attached hydrogens (tertiary/aromatic N) is 1.